The Morgan fingerprint density at radius 3 is 2.46 bits per heavy atom. The van der Waals surface area contributed by atoms with Crippen LogP contribution in [0.4, 0.5) is 0 Å². The highest BCUT2D eigenvalue weighted by atomic mass is 32.1. The molecule has 4 bridgehead atoms. The third-order valence-electron chi connectivity index (χ3n) is 6.19. The zero-order valence-corrected chi connectivity index (χ0v) is 14.9. The van der Waals surface area contributed by atoms with Gasteiger partial charge in [0.05, 0.1) is 17.2 Å². The van der Waals surface area contributed by atoms with Gasteiger partial charge in [-0.05, 0) is 56.3 Å². The molecular weight excluding hydrogens is 320 g/mol. The first-order valence-corrected chi connectivity index (χ1v) is 10.0. The zero-order valence-electron chi connectivity index (χ0n) is 14.1. The lowest BCUT2D eigenvalue weighted by Crippen LogP contribution is -2.48. The normalized spacial score (nSPS) is 34.1. The fourth-order valence-corrected chi connectivity index (χ4v) is 6.76. The van der Waals surface area contributed by atoms with Gasteiger partial charge in [-0.15, -0.1) is 21.5 Å². The number of aryl methyl sites for hydroxylation is 1. The molecule has 2 heterocycles. The molecule has 4 fully saturated rings. The molecule has 2 aromatic heterocycles. The highest BCUT2D eigenvalue weighted by Crippen LogP contribution is 2.61. The lowest BCUT2D eigenvalue weighted by Gasteiger charge is -2.56. The van der Waals surface area contributed by atoms with Gasteiger partial charge >= 0.3 is 0 Å². The summed E-state index contributed by atoms with van der Waals surface area (Å²) in [6, 6.07) is 0. The minimum absolute atomic E-state index is 0.418. The van der Waals surface area contributed by atoms with Gasteiger partial charge in [0.25, 0.3) is 0 Å². The summed E-state index contributed by atoms with van der Waals surface area (Å²) >= 11 is 1.89. The number of thiazole rings is 1. The van der Waals surface area contributed by atoms with Crippen LogP contribution in [0.3, 0.4) is 0 Å². The lowest BCUT2D eigenvalue weighted by atomic mass is 9.50. The van der Waals surface area contributed by atoms with E-state index in [-0.39, 0.29) is 0 Å². The van der Waals surface area contributed by atoms with Gasteiger partial charge in [0.2, 0.25) is 11.8 Å². The van der Waals surface area contributed by atoms with Crippen molar-refractivity contribution >= 4 is 11.3 Å². The molecule has 128 valence electrons. The molecule has 0 radical (unpaired) electrons. The van der Waals surface area contributed by atoms with Crippen molar-refractivity contribution in [1.82, 2.24) is 20.5 Å². The zero-order chi connectivity index (χ0) is 16.1. The third kappa shape index (κ3) is 2.60. The van der Waals surface area contributed by atoms with Crippen LogP contribution in [0.5, 0.6) is 0 Å². The molecule has 0 amide bonds. The van der Waals surface area contributed by atoms with E-state index in [4.69, 9.17) is 9.40 Å². The van der Waals surface area contributed by atoms with Gasteiger partial charge in [0.15, 0.2) is 0 Å². The average molecular weight is 344 g/mol. The number of hydrogen-bond acceptors (Lipinski definition) is 6. The molecule has 4 saturated carbocycles. The van der Waals surface area contributed by atoms with Crippen molar-refractivity contribution in [3.05, 3.63) is 27.9 Å². The van der Waals surface area contributed by atoms with Crippen LogP contribution in [-0.2, 0) is 18.5 Å². The SMILES string of the molecule is Cc1nnc(CNCc2csc(C34CC5CC(CC(C5)C3)C4)n2)o1. The monoisotopic (exact) mass is 344 g/mol. The van der Waals surface area contributed by atoms with E-state index in [1.54, 1.807) is 0 Å². The van der Waals surface area contributed by atoms with E-state index in [1.807, 2.05) is 18.3 Å². The fraction of sp³-hybridized carbons (Fsp3) is 0.722. The van der Waals surface area contributed by atoms with Crippen LogP contribution >= 0.6 is 11.3 Å². The van der Waals surface area contributed by atoms with Gasteiger partial charge in [-0.2, -0.15) is 0 Å². The molecule has 0 aromatic carbocycles. The molecule has 0 saturated heterocycles. The Kier molecular flexibility index (Phi) is 3.52. The van der Waals surface area contributed by atoms with Gasteiger partial charge in [0, 0.05) is 24.3 Å². The molecule has 24 heavy (non-hydrogen) atoms. The Bertz CT molecular complexity index is 702. The summed E-state index contributed by atoms with van der Waals surface area (Å²) in [5, 5.41) is 14.9. The van der Waals surface area contributed by atoms with Crippen LogP contribution in [-0.4, -0.2) is 15.2 Å². The first-order valence-electron chi connectivity index (χ1n) is 9.13. The summed E-state index contributed by atoms with van der Waals surface area (Å²) in [5.74, 6) is 4.18. The van der Waals surface area contributed by atoms with Gasteiger partial charge in [0.1, 0.15) is 0 Å². The van der Waals surface area contributed by atoms with Crippen LogP contribution in [0.1, 0.15) is 61.0 Å². The number of aromatic nitrogens is 3. The average Bonchev–Trinajstić information content (AvgIpc) is 3.16. The second-order valence-electron chi connectivity index (χ2n) is 8.16. The molecule has 0 spiro atoms. The minimum Gasteiger partial charge on any atom is -0.424 e. The summed E-state index contributed by atoms with van der Waals surface area (Å²) < 4.78 is 5.39. The smallest absolute Gasteiger partial charge is 0.230 e. The van der Waals surface area contributed by atoms with Gasteiger partial charge in [-0.3, -0.25) is 0 Å². The van der Waals surface area contributed by atoms with Gasteiger partial charge in [-0.25, -0.2) is 4.98 Å². The Morgan fingerprint density at radius 2 is 1.83 bits per heavy atom. The van der Waals surface area contributed by atoms with Crippen molar-refractivity contribution < 1.29 is 4.42 Å². The second kappa shape index (κ2) is 5.63. The van der Waals surface area contributed by atoms with Crippen molar-refractivity contribution in [2.24, 2.45) is 17.8 Å². The van der Waals surface area contributed by atoms with Crippen LogP contribution in [0.15, 0.2) is 9.80 Å². The van der Waals surface area contributed by atoms with Crippen LogP contribution < -0.4 is 5.32 Å². The molecular formula is C18H24N4OS. The molecule has 4 aliphatic carbocycles. The van der Waals surface area contributed by atoms with Crippen LogP contribution in [0.25, 0.3) is 0 Å². The lowest BCUT2D eigenvalue weighted by molar-refractivity contribution is -0.00534. The van der Waals surface area contributed by atoms with E-state index in [1.165, 1.54) is 43.5 Å². The van der Waals surface area contributed by atoms with Crippen molar-refractivity contribution in [1.29, 1.82) is 0 Å². The minimum atomic E-state index is 0.418. The van der Waals surface area contributed by atoms with E-state index in [9.17, 15) is 0 Å². The van der Waals surface area contributed by atoms with Crippen molar-refractivity contribution in [2.75, 3.05) is 0 Å². The topological polar surface area (TPSA) is 63.8 Å². The highest BCUT2D eigenvalue weighted by Gasteiger charge is 2.52. The Balaban J connectivity index is 1.26. The number of hydrogen-bond donors (Lipinski definition) is 1. The van der Waals surface area contributed by atoms with E-state index in [0.29, 0.717) is 23.7 Å². The first kappa shape index (κ1) is 15.0. The predicted molar refractivity (Wildman–Crippen MR) is 91.5 cm³/mol. The molecule has 5 nitrogen and oxygen atoms in total. The fourth-order valence-electron chi connectivity index (χ4n) is 5.71. The molecule has 1 N–H and O–H groups in total. The Labute approximate surface area is 146 Å². The Morgan fingerprint density at radius 1 is 1.12 bits per heavy atom. The maximum atomic E-state index is 5.39. The summed E-state index contributed by atoms with van der Waals surface area (Å²) in [7, 11) is 0. The van der Waals surface area contributed by atoms with Crippen molar-refractivity contribution in [3.8, 4) is 0 Å². The molecule has 4 aliphatic rings. The van der Waals surface area contributed by atoms with Crippen LogP contribution in [0.2, 0.25) is 0 Å². The standard InChI is InChI=1S/C18H24N4OS/c1-11-21-22-16(23-11)9-19-8-15-10-24-17(20-15)18-5-12-2-13(6-18)4-14(3-12)7-18/h10,12-14,19H,2-9H2,1H3. The first-order chi connectivity index (χ1) is 11.7. The molecule has 6 rings (SSSR count). The maximum absolute atomic E-state index is 5.39. The summed E-state index contributed by atoms with van der Waals surface area (Å²) in [6.45, 7) is 3.18. The molecule has 0 unspecified atom stereocenters. The van der Waals surface area contributed by atoms with E-state index in [2.05, 4.69) is 20.9 Å². The van der Waals surface area contributed by atoms with Gasteiger partial charge in [-0.1, -0.05) is 0 Å². The van der Waals surface area contributed by atoms with Gasteiger partial charge < -0.3 is 9.73 Å². The predicted octanol–water partition coefficient (Wildman–Crippen LogP) is 3.59. The maximum Gasteiger partial charge on any atom is 0.230 e. The van der Waals surface area contributed by atoms with E-state index >= 15 is 0 Å². The van der Waals surface area contributed by atoms with Crippen LogP contribution in [0, 0.1) is 24.7 Å². The van der Waals surface area contributed by atoms with Crippen molar-refractivity contribution in [2.45, 2.75) is 64.0 Å². The molecule has 0 atom stereocenters. The number of nitrogens with zero attached hydrogens (tertiary/aromatic N) is 3. The largest absolute Gasteiger partial charge is 0.424 e. The molecule has 2 aromatic rings. The Hall–Kier alpha value is -1.27. The van der Waals surface area contributed by atoms with E-state index in [0.717, 1.165) is 30.0 Å². The molecule has 6 heteroatoms. The summed E-state index contributed by atoms with van der Waals surface area (Å²) in [5.41, 5.74) is 1.57. The number of rotatable bonds is 5. The van der Waals surface area contributed by atoms with Crippen molar-refractivity contribution in [3.63, 3.8) is 0 Å². The second-order valence-corrected chi connectivity index (χ2v) is 9.02. The number of nitrogens with one attached hydrogen (secondary N) is 1. The highest BCUT2D eigenvalue weighted by molar-refractivity contribution is 7.09. The van der Waals surface area contributed by atoms with E-state index < -0.39 is 0 Å². The summed E-state index contributed by atoms with van der Waals surface area (Å²) in [6.07, 6.45) is 8.63. The third-order valence-corrected chi connectivity index (χ3v) is 7.33. The summed E-state index contributed by atoms with van der Waals surface area (Å²) in [4.78, 5) is 5.03. The molecule has 0 aliphatic heterocycles. The quantitative estimate of drug-likeness (QED) is 0.898.